The Morgan fingerprint density at radius 1 is 1.77 bits per heavy atom. The van der Waals surface area contributed by atoms with Crippen LogP contribution in [0.4, 0.5) is 0 Å². The molecule has 2 unspecified atom stereocenters. The molecule has 3 nitrogen and oxygen atoms in total. The zero-order valence-electron chi connectivity index (χ0n) is 7.32. The van der Waals surface area contributed by atoms with Crippen molar-refractivity contribution in [3.63, 3.8) is 0 Å². The van der Waals surface area contributed by atoms with Crippen LogP contribution in [-0.2, 0) is 4.74 Å². The Kier molecular flexibility index (Phi) is 2.09. The molecule has 1 fully saturated rings. The van der Waals surface area contributed by atoms with Crippen LogP contribution >= 0.6 is 11.3 Å². The number of nitrogens with two attached hydrogens (primary N) is 1. The van der Waals surface area contributed by atoms with Gasteiger partial charge in [-0.05, 0) is 17.9 Å². The Balaban J connectivity index is 2.26. The van der Waals surface area contributed by atoms with E-state index in [2.05, 4.69) is 4.74 Å². The van der Waals surface area contributed by atoms with E-state index in [0.717, 1.165) is 11.3 Å². The van der Waals surface area contributed by atoms with Gasteiger partial charge in [-0.25, -0.2) is 4.79 Å². The van der Waals surface area contributed by atoms with E-state index in [1.807, 2.05) is 5.38 Å². The van der Waals surface area contributed by atoms with Gasteiger partial charge < -0.3 is 10.5 Å². The molecule has 4 heteroatoms. The number of hydrogen-bond acceptors (Lipinski definition) is 4. The van der Waals surface area contributed by atoms with E-state index in [0.29, 0.717) is 11.5 Å². The molecule has 0 radical (unpaired) electrons. The summed E-state index contributed by atoms with van der Waals surface area (Å²) in [4.78, 5) is 12.4. The van der Waals surface area contributed by atoms with Crippen molar-refractivity contribution in [3.8, 4) is 0 Å². The summed E-state index contributed by atoms with van der Waals surface area (Å²) >= 11 is 1.59. The third-order valence-electron chi connectivity index (χ3n) is 2.28. The fourth-order valence-corrected chi connectivity index (χ4v) is 2.48. The number of ether oxygens (including phenoxy) is 1. The van der Waals surface area contributed by atoms with Crippen molar-refractivity contribution < 1.29 is 9.53 Å². The summed E-state index contributed by atoms with van der Waals surface area (Å²) < 4.78 is 4.68. The standard InChI is InChI=1S/C9H11NO2S/c1-12-9(11)5-2-3-13-8(5)6-4-7(6)10/h2-3,6-7H,4,10H2,1H3. The number of rotatable bonds is 2. The van der Waals surface area contributed by atoms with Gasteiger partial charge in [-0.15, -0.1) is 11.3 Å². The summed E-state index contributed by atoms with van der Waals surface area (Å²) in [7, 11) is 1.40. The minimum Gasteiger partial charge on any atom is -0.465 e. The van der Waals surface area contributed by atoms with Crippen molar-refractivity contribution in [1.82, 2.24) is 0 Å². The van der Waals surface area contributed by atoms with Crippen LogP contribution in [0.5, 0.6) is 0 Å². The Morgan fingerprint density at radius 3 is 3.00 bits per heavy atom. The van der Waals surface area contributed by atoms with E-state index < -0.39 is 0 Å². The lowest BCUT2D eigenvalue weighted by molar-refractivity contribution is 0.0600. The average Bonchev–Trinajstić information content (AvgIpc) is 2.69. The summed E-state index contributed by atoms with van der Waals surface area (Å²) in [6.45, 7) is 0. The fourth-order valence-electron chi connectivity index (χ4n) is 1.40. The SMILES string of the molecule is COC(=O)c1ccsc1C1CC1N. The second-order valence-corrected chi connectivity index (χ2v) is 4.14. The van der Waals surface area contributed by atoms with Gasteiger partial charge in [0.1, 0.15) is 0 Å². The Morgan fingerprint density at radius 2 is 2.46 bits per heavy atom. The quantitative estimate of drug-likeness (QED) is 0.728. The lowest BCUT2D eigenvalue weighted by Gasteiger charge is -1.99. The molecule has 1 aliphatic rings. The summed E-state index contributed by atoms with van der Waals surface area (Å²) in [5.41, 5.74) is 6.41. The highest BCUT2D eigenvalue weighted by Gasteiger charge is 2.38. The van der Waals surface area contributed by atoms with E-state index in [9.17, 15) is 4.79 Å². The molecule has 2 N–H and O–H groups in total. The molecule has 0 aliphatic heterocycles. The molecule has 0 aromatic carbocycles. The van der Waals surface area contributed by atoms with Crippen molar-refractivity contribution in [2.24, 2.45) is 5.73 Å². The van der Waals surface area contributed by atoms with Crippen LogP contribution < -0.4 is 5.73 Å². The van der Waals surface area contributed by atoms with E-state index in [-0.39, 0.29) is 12.0 Å². The highest BCUT2D eigenvalue weighted by Crippen LogP contribution is 2.43. The average molecular weight is 197 g/mol. The molecule has 0 bridgehead atoms. The van der Waals surface area contributed by atoms with Crippen LogP contribution in [0, 0.1) is 0 Å². The van der Waals surface area contributed by atoms with E-state index in [1.54, 1.807) is 17.4 Å². The van der Waals surface area contributed by atoms with Gasteiger partial charge in [0, 0.05) is 16.8 Å². The Hall–Kier alpha value is -0.870. The summed E-state index contributed by atoms with van der Waals surface area (Å²) in [6, 6.07) is 2.04. The van der Waals surface area contributed by atoms with Gasteiger partial charge in [0.2, 0.25) is 0 Å². The Bertz CT molecular complexity index is 334. The number of carbonyl (C=O) groups excluding carboxylic acids is 1. The highest BCUT2D eigenvalue weighted by atomic mass is 32.1. The van der Waals surface area contributed by atoms with Gasteiger partial charge in [-0.1, -0.05) is 0 Å². The zero-order valence-corrected chi connectivity index (χ0v) is 8.14. The van der Waals surface area contributed by atoms with Crippen LogP contribution in [0.2, 0.25) is 0 Å². The zero-order chi connectivity index (χ0) is 9.42. The minimum absolute atomic E-state index is 0.238. The maximum absolute atomic E-state index is 11.3. The van der Waals surface area contributed by atoms with E-state index in [1.165, 1.54) is 7.11 Å². The largest absolute Gasteiger partial charge is 0.465 e. The molecular formula is C9H11NO2S. The molecule has 1 saturated carbocycles. The minimum atomic E-state index is -0.254. The normalized spacial score (nSPS) is 25.7. The van der Waals surface area contributed by atoms with Gasteiger partial charge in [0.25, 0.3) is 0 Å². The lowest BCUT2D eigenvalue weighted by Crippen LogP contribution is -2.05. The molecule has 2 atom stereocenters. The lowest BCUT2D eigenvalue weighted by atomic mass is 10.2. The van der Waals surface area contributed by atoms with E-state index >= 15 is 0 Å². The predicted molar refractivity (Wildman–Crippen MR) is 51.0 cm³/mol. The molecule has 1 aromatic heterocycles. The van der Waals surface area contributed by atoms with Crippen LogP contribution in [0.15, 0.2) is 11.4 Å². The summed E-state index contributed by atoms with van der Waals surface area (Å²) in [5.74, 6) is 0.129. The molecule has 0 spiro atoms. The predicted octanol–water partition coefficient (Wildman–Crippen LogP) is 1.35. The first-order chi connectivity index (χ1) is 6.24. The number of esters is 1. The molecule has 1 aliphatic carbocycles. The van der Waals surface area contributed by atoms with Crippen molar-refractivity contribution in [3.05, 3.63) is 21.9 Å². The first-order valence-corrected chi connectivity index (χ1v) is 5.03. The smallest absolute Gasteiger partial charge is 0.338 e. The molecule has 0 saturated heterocycles. The summed E-state index contributed by atoms with van der Waals surface area (Å²) in [5, 5.41) is 1.91. The van der Waals surface area contributed by atoms with Crippen LogP contribution in [0.1, 0.15) is 27.6 Å². The van der Waals surface area contributed by atoms with Gasteiger partial charge in [0.15, 0.2) is 0 Å². The first-order valence-electron chi connectivity index (χ1n) is 4.15. The van der Waals surface area contributed by atoms with Crippen LogP contribution in [0.25, 0.3) is 0 Å². The second kappa shape index (κ2) is 3.12. The second-order valence-electron chi connectivity index (χ2n) is 3.20. The third kappa shape index (κ3) is 1.47. The fraction of sp³-hybridized carbons (Fsp3) is 0.444. The van der Waals surface area contributed by atoms with Crippen molar-refractivity contribution in [1.29, 1.82) is 0 Å². The van der Waals surface area contributed by atoms with Gasteiger partial charge in [-0.2, -0.15) is 0 Å². The molecule has 1 heterocycles. The monoisotopic (exact) mass is 197 g/mol. The number of hydrogen-bond donors (Lipinski definition) is 1. The van der Waals surface area contributed by atoms with Crippen molar-refractivity contribution >= 4 is 17.3 Å². The van der Waals surface area contributed by atoms with Crippen molar-refractivity contribution in [2.45, 2.75) is 18.4 Å². The van der Waals surface area contributed by atoms with E-state index in [4.69, 9.17) is 5.73 Å². The number of carbonyl (C=O) groups is 1. The molecular weight excluding hydrogens is 186 g/mol. The maximum Gasteiger partial charge on any atom is 0.338 e. The van der Waals surface area contributed by atoms with Gasteiger partial charge >= 0.3 is 5.97 Å². The Labute approximate surface area is 80.5 Å². The van der Waals surface area contributed by atoms with Crippen LogP contribution in [0.3, 0.4) is 0 Å². The molecule has 1 aromatic rings. The third-order valence-corrected chi connectivity index (χ3v) is 3.33. The molecule has 2 rings (SSSR count). The molecule has 0 amide bonds. The topological polar surface area (TPSA) is 52.3 Å². The highest BCUT2D eigenvalue weighted by molar-refractivity contribution is 7.10. The molecule has 13 heavy (non-hydrogen) atoms. The summed E-state index contributed by atoms with van der Waals surface area (Å²) in [6.07, 6.45) is 0.991. The number of methoxy groups -OCH3 is 1. The van der Waals surface area contributed by atoms with Crippen molar-refractivity contribution in [2.75, 3.05) is 7.11 Å². The van der Waals surface area contributed by atoms with Gasteiger partial charge in [-0.3, -0.25) is 0 Å². The first kappa shape index (κ1) is 8.72. The van der Waals surface area contributed by atoms with Gasteiger partial charge in [0.05, 0.1) is 12.7 Å². The number of thiophene rings is 1. The maximum atomic E-state index is 11.3. The van der Waals surface area contributed by atoms with Crippen LogP contribution in [-0.4, -0.2) is 19.1 Å². The molecule has 70 valence electrons.